The van der Waals surface area contributed by atoms with Gasteiger partial charge < -0.3 is 5.32 Å². The van der Waals surface area contributed by atoms with Crippen molar-refractivity contribution in [3.05, 3.63) is 96.3 Å². The maximum absolute atomic E-state index is 13.3. The first kappa shape index (κ1) is 17.6. The summed E-state index contributed by atoms with van der Waals surface area (Å²) in [7, 11) is 0. The normalized spacial score (nSPS) is 20.4. The van der Waals surface area contributed by atoms with E-state index in [-0.39, 0.29) is 17.4 Å². The van der Waals surface area contributed by atoms with Gasteiger partial charge in [0.05, 0.1) is 16.8 Å². The van der Waals surface area contributed by atoms with E-state index in [2.05, 4.69) is 29.4 Å². The van der Waals surface area contributed by atoms with Gasteiger partial charge in [0.2, 0.25) is 0 Å². The Balaban J connectivity index is 1.49. The van der Waals surface area contributed by atoms with Crippen LogP contribution in [0.3, 0.4) is 0 Å². The number of nitrogens with zero attached hydrogens (tertiary/aromatic N) is 2. The van der Waals surface area contributed by atoms with E-state index in [9.17, 15) is 4.79 Å². The minimum Gasteiger partial charge on any atom is -0.348 e. The number of hydrogen-bond donors (Lipinski definition) is 1. The van der Waals surface area contributed by atoms with Crippen molar-refractivity contribution in [3.8, 4) is 11.3 Å². The molecule has 0 aliphatic heterocycles. The van der Waals surface area contributed by atoms with E-state index in [1.807, 2.05) is 60.7 Å². The van der Waals surface area contributed by atoms with Gasteiger partial charge in [-0.05, 0) is 36.2 Å². The van der Waals surface area contributed by atoms with Crippen LogP contribution in [0.15, 0.2) is 85.2 Å². The lowest BCUT2D eigenvalue weighted by atomic mass is 9.97. The number of hydrogen-bond acceptors (Lipinski definition) is 3. The number of pyridine rings is 2. The number of nitrogens with one attached hydrogen (secondary N) is 1. The van der Waals surface area contributed by atoms with E-state index < -0.39 is 0 Å². The number of para-hydroxylation sites is 1. The lowest BCUT2D eigenvalue weighted by molar-refractivity contribution is 0.0950. The summed E-state index contributed by atoms with van der Waals surface area (Å²) < 4.78 is 0. The van der Waals surface area contributed by atoms with Gasteiger partial charge in [-0.15, -0.1) is 0 Å². The number of amides is 1. The highest BCUT2D eigenvalue weighted by Gasteiger charge is 2.52. The van der Waals surface area contributed by atoms with Crippen molar-refractivity contribution >= 4 is 16.8 Å². The van der Waals surface area contributed by atoms with Crippen molar-refractivity contribution in [2.75, 3.05) is 0 Å². The lowest BCUT2D eigenvalue weighted by Crippen LogP contribution is -2.30. The molecule has 5 rings (SSSR count). The quantitative estimate of drug-likeness (QED) is 0.556. The molecule has 4 aromatic rings. The second kappa shape index (κ2) is 6.82. The van der Waals surface area contributed by atoms with Crippen LogP contribution in [0.1, 0.15) is 29.3 Å². The first-order valence-corrected chi connectivity index (χ1v) is 9.82. The van der Waals surface area contributed by atoms with Crippen LogP contribution in [0, 0.1) is 0 Å². The number of carbonyl (C=O) groups excluding carboxylic acids is 1. The molecule has 29 heavy (non-hydrogen) atoms. The number of fused-ring (bicyclic) bond motifs is 1. The topological polar surface area (TPSA) is 54.9 Å². The smallest absolute Gasteiger partial charge is 0.252 e. The van der Waals surface area contributed by atoms with Gasteiger partial charge in [-0.3, -0.25) is 9.78 Å². The molecule has 0 radical (unpaired) electrons. The average Bonchev–Trinajstić information content (AvgIpc) is 3.44. The van der Waals surface area contributed by atoms with E-state index in [1.54, 1.807) is 12.4 Å². The average molecular weight is 379 g/mol. The van der Waals surface area contributed by atoms with Crippen LogP contribution in [0.25, 0.3) is 22.2 Å². The number of carbonyl (C=O) groups is 1. The third kappa shape index (κ3) is 3.17. The van der Waals surface area contributed by atoms with Crippen LogP contribution in [-0.4, -0.2) is 21.9 Å². The van der Waals surface area contributed by atoms with Crippen LogP contribution in [0.2, 0.25) is 0 Å². The number of benzene rings is 2. The van der Waals surface area contributed by atoms with E-state index in [1.165, 1.54) is 5.56 Å². The van der Waals surface area contributed by atoms with Crippen LogP contribution in [0.5, 0.6) is 0 Å². The van der Waals surface area contributed by atoms with Gasteiger partial charge in [-0.1, -0.05) is 55.5 Å². The lowest BCUT2D eigenvalue weighted by Gasteiger charge is -2.14. The first-order valence-electron chi connectivity index (χ1n) is 9.82. The summed E-state index contributed by atoms with van der Waals surface area (Å²) in [5.41, 5.74) is 4.36. The largest absolute Gasteiger partial charge is 0.348 e. The summed E-state index contributed by atoms with van der Waals surface area (Å²) in [5.74, 6) is -0.0570. The molecule has 1 aliphatic rings. The van der Waals surface area contributed by atoms with E-state index in [0.717, 1.165) is 28.6 Å². The highest BCUT2D eigenvalue weighted by Crippen LogP contribution is 2.48. The highest BCUT2D eigenvalue weighted by molar-refractivity contribution is 6.07. The summed E-state index contributed by atoms with van der Waals surface area (Å²) >= 11 is 0. The van der Waals surface area contributed by atoms with Gasteiger partial charge in [-0.2, -0.15) is 0 Å². The van der Waals surface area contributed by atoms with Gasteiger partial charge >= 0.3 is 0 Å². The molecule has 142 valence electrons. The Hall–Kier alpha value is -3.53. The highest BCUT2D eigenvalue weighted by atomic mass is 16.1. The summed E-state index contributed by atoms with van der Waals surface area (Å²) in [4.78, 5) is 22.2. The third-order valence-electron chi connectivity index (χ3n) is 5.89. The second-order valence-electron chi connectivity index (χ2n) is 7.83. The fraction of sp³-hybridized carbons (Fsp3) is 0.160. The van der Waals surface area contributed by atoms with Crippen molar-refractivity contribution < 1.29 is 4.79 Å². The Labute approximate surface area is 169 Å². The molecular formula is C25H21N3O. The zero-order valence-electron chi connectivity index (χ0n) is 16.2. The molecule has 4 nitrogen and oxygen atoms in total. The Kier molecular flexibility index (Phi) is 4.13. The van der Waals surface area contributed by atoms with Gasteiger partial charge in [0, 0.05) is 34.8 Å². The van der Waals surface area contributed by atoms with Crippen LogP contribution >= 0.6 is 0 Å². The third-order valence-corrected chi connectivity index (χ3v) is 5.89. The molecule has 2 unspecified atom stereocenters. The van der Waals surface area contributed by atoms with E-state index in [4.69, 9.17) is 4.98 Å². The minimum atomic E-state index is -0.0570. The summed E-state index contributed by atoms with van der Waals surface area (Å²) in [6.07, 6.45) is 4.45. The molecule has 2 aromatic carbocycles. The Morgan fingerprint density at radius 3 is 2.62 bits per heavy atom. The summed E-state index contributed by atoms with van der Waals surface area (Å²) in [5, 5.41) is 4.11. The SMILES string of the molecule is CC1(c2ccccc2)CC1NC(=O)c1cc(-c2cccnc2)nc2ccccc12. The molecule has 2 aromatic heterocycles. The predicted molar refractivity (Wildman–Crippen MR) is 115 cm³/mol. The predicted octanol–water partition coefficient (Wildman–Crippen LogP) is 4.76. The maximum Gasteiger partial charge on any atom is 0.252 e. The second-order valence-corrected chi connectivity index (χ2v) is 7.83. The molecule has 1 fully saturated rings. The van der Waals surface area contributed by atoms with Crippen LogP contribution in [-0.2, 0) is 5.41 Å². The minimum absolute atomic E-state index is 0.00800. The first-order chi connectivity index (χ1) is 14.1. The van der Waals surface area contributed by atoms with Gasteiger partial charge in [0.1, 0.15) is 0 Å². The molecule has 4 heteroatoms. The molecule has 1 N–H and O–H groups in total. The van der Waals surface area contributed by atoms with E-state index in [0.29, 0.717) is 5.56 Å². The molecule has 1 saturated carbocycles. The Bertz CT molecular complexity index is 1190. The maximum atomic E-state index is 13.3. The van der Waals surface area contributed by atoms with Crippen LogP contribution in [0.4, 0.5) is 0 Å². The van der Waals surface area contributed by atoms with Gasteiger partial charge in [0.25, 0.3) is 5.91 Å². The van der Waals surface area contributed by atoms with Crippen LogP contribution < -0.4 is 5.32 Å². The molecule has 0 spiro atoms. The zero-order valence-corrected chi connectivity index (χ0v) is 16.2. The molecule has 0 saturated heterocycles. The number of rotatable bonds is 4. The van der Waals surface area contributed by atoms with Crippen molar-refractivity contribution in [2.45, 2.75) is 24.8 Å². The fourth-order valence-electron chi connectivity index (χ4n) is 3.97. The van der Waals surface area contributed by atoms with Gasteiger partial charge in [0.15, 0.2) is 0 Å². The van der Waals surface area contributed by atoms with Crippen molar-refractivity contribution in [1.82, 2.24) is 15.3 Å². The Morgan fingerprint density at radius 2 is 1.83 bits per heavy atom. The van der Waals surface area contributed by atoms with Crippen molar-refractivity contribution in [1.29, 1.82) is 0 Å². The molecule has 2 heterocycles. The molecule has 2 atom stereocenters. The van der Waals surface area contributed by atoms with Gasteiger partial charge in [-0.25, -0.2) is 4.98 Å². The van der Waals surface area contributed by atoms with Crippen molar-refractivity contribution in [2.24, 2.45) is 0 Å². The zero-order chi connectivity index (χ0) is 19.8. The van der Waals surface area contributed by atoms with Crippen molar-refractivity contribution in [3.63, 3.8) is 0 Å². The summed E-state index contributed by atoms with van der Waals surface area (Å²) in [6.45, 7) is 2.21. The Morgan fingerprint density at radius 1 is 1.03 bits per heavy atom. The molecule has 1 aliphatic carbocycles. The number of aromatic nitrogens is 2. The standard InChI is InChI=1S/C25H21N3O/c1-25(18-9-3-2-4-10-18)15-23(25)28-24(29)20-14-22(17-8-7-13-26-16-17)27-21-12-6-5-11-19(20)21/h2-14,16,23H,15H2,1H3,(H,28,29). The monoisotopic (exact) mass is 379 g/mol. The molecule has 1 amide bonds. The van der Waals surface area contributed by atoms with E-state index >= 15 is 0 Å². The molecule has 0 bridgehead atoms. The molecular weight excluding hydrogens is 358 g/mol. The summed E-state index contributed by atoms with van der Waals surface area (Å²) in [6, 6.07) is 24.0. The fourth-order valence-corrected chi connectivity index (χ4v) is 3.97.